The van der Waals surface area contributed by atoms with E-state index in [-0.39, 0.29) is 11.1 Å². The number of carbonyl (C=O) groups is 1. The first-order valence-corrected chi connectivity index (χ1v) is 9.83. The van der Waals surface area contributed by atoms with Crippen LogP contribution in [0.4, 0.5) is 0 Å². The van der Waals surface area contributed by atoms with Crippen molar-refractivity contribution < 1.29 is 4.79 Å². The number of rotatable bonds is 6. The largest absolute Gasteiger partial charge is 0.349 e. The highest BCUT2D eigenvalue weighted by Gasteiger charge is 2.15. The molecule has 144 valence electrons. The van der Waals surface area contributed by atoms with Crippen molar-refractivity contribution in [2.45, 2.75) is 51.5 Å². The summed E-state index contributed by atoms with van der Waals surface area (Å²) in [4.78, 5) is 24.7. The molecule has 1 amide bonds. The Balaban J connectivity index is 1.60. The van der Waals surface area contributed by atoms with Gasteiger partial charge in [0.05, 0.1) is 5.69 Å². The fourth-order valence-electron chi connectivity index (χ4n) is 3.55. The van der Waals surface area contributed by atoms with Crippen molar-refractivity contribution in [1.29, 1.82) is 0 Å². The minimum absolute atomic E-state index is 0.0704. The van der Waals surface area contributed by atoms with Gasteiger partial charge < -0.3 is 10.6 Å². The number of benzene rings is 1. The lowest BCUT2D eigenvalue weighted by molar-refractivity contribution is 0.0945. The van der Waals surface area contributed by atoms with Crippen LogP contribution in [0.3, 0.4) is 0 Å². The number of carbonyl (C=O) groups excluding carboxylic acids is 1. The zero-order valence-electron chi connectivity index (χ0n) is 15.9. The van der Waals surface area contributed by atoms with Gasteiger partial charge in [0.15, 0.2) is 5.69 Å². The quantitative estimate of drug-likeness (QED) is 0.607. The Morgan fingerprint density at radius 2 is 1.81 bits per heavy atom. The van der Waals surface area contributed by atoms with Crippen molar-refractivity contribution in [2.24, 2.45) is 0 Å². The Kier molecular flexibility index (Phi) is 6.76. The molecule has 1 aliphatic rings. The lowest BCUT2D eigenvalue weighted by atomic mass is 10.1. The van der Waals surface area contributed by atoms with E-state index in [0.717, 1.165) is 5.69 Å². The van der Waals surface area contributed by atoms with Gasteiger partial charge in [-0.2, -0.15) is 5.10 Å². The van der Waals surface area contributed by atoms with E-state index in [9.17, 15) is 9.59 Å². The number of aromatic nitrogens is 2. The van der Waals surface area contributed by atoms with Crippen LogP contribution in [0.25, 0.3) is 5.69 Å². The Labute approximate surface area is 160 Å². The van der Waals surface area contributed by atoms with Gasteiger partial charge >= 0.3 is 0 Å². The molecule has 2 aromatic rings. The van der Waals surface area contributed by atoms with Gasteiger partial charge in [0.1, 0.15) is 0 Å². The maximum absolute atomic E-state index is 12.5. The molecule has 6 heteroatoms. The smallest absolute Gasteiger partial charge is 0.275 e. The summed E-state index contributed by atoms with van der Waals surface area (Å²) in [6.07, 6.45) is 7.60. The van der Waals surface area contributed by atoms with E-state index < -0.39 is 5.91 Å². The van der Waals surface area contributed by atoms with Gasteiger partial charge in [-0.05, 0) is 31.9 Å². The van der Waals surface area contributed by atoms with E-state index in [1.807, 2.05) is 30.3 Å². The van der Waals surface area contributed by atoms with Gasteiger partial charge in [0.25, 0.3) is 5.91 Å². The zero-order valence-corrected chi connectivity index (χ0v) is 15.9. The van der Waals surface area contributed by atoms with Crippen LogP contribution in [-0.2, 0) is 0 Å². The summed E-state index contributed by atoms with van der Waals surface area (Å²) in [6, 6.07) is 11.5. The molecule has 6 nitrogen and oxygen atoms in total. The summed E-state index contributed by atoms with van der Waals surface area (Å²) in [7, 11) is 0. The van der Waals surface area contributed by atoms with E-state index in [1.54, 1.807) is 11.6 Å². The predicted molar refractivity (Wildman–Crippen MR) is 106 cm³/mol. The van der Waals surface area contributed by atoms with Crippen molar-refractivity contribution >= 4 is 5.91 Å². The molecule has 0 bridgehead atoms. The van der Waals surface area contributed by atoms with Gasteiger partial charge in [0.2, 0.25) is 5.43 Å². The first-order valence-electron chi connectivity index (χ1n) is 9.83. The number of amides is 1. The Morgan fingerprint density at radius 1 is 1.11 bits per heavy atom. The second kappa shape index (κ2) is 9.46. The van der Waals surface area contributed by atoms with E-state index in [4.69, 9.17) is 0 Å². The molecule has 0 radical (unpaired) electrons. The molecule has 0 saturated heterocycles. The average Bonchev–Trinajstić information content (AvgIpc) is 2.95. The molecular weight excluding hydrogens is 340 g/mol. The molecule has 3 rings (SSSR count). The molecule has 1 heterocycles. The highest BCUT2D eigenvalue weighted by atomic mass is 16.2. The average molecular weight is 368 g/mol. The second-order valence-electron chi connectivity index (χ2n) is 7.14. The van der Waals surface area contributed by atoms with Crippen LogP contribution in [0.5, 0.6) is 0 Å². The number of aryl methyl sites for hydroxylation is 1. The highest BCUT2D eigenvalue weighted by molar-refractivity contribution is 5.92. The molecule has 0 atom stereocenters. The number of nitrogens with one attached hydrogen (secondary N) is 2. The third-order valence-electron chi connectivity index (χ3n) is 5.02. The van der Waals surface area contributed by atoms with Crippen LogP contribution in [0.15, 0.2) is 41.2 Å². The summed E-state index contributed by atoms with van der Waals surface area (Å²) in [5.74, 6) is -0.424. The molecule has 1 aromatic heterocycles. The first kappa shape index (κ1) is 19.3. The summed E-state index contributed by atoms with van der Waals surface area (Å²) in [5, 5.41) is 10.6. The third-order valence-corrected chi connectivity index (χ3v) is 5.02. The maximum atomic E-state index is 12.5. The minimum atomic E-state index is -0.424. The van der Waals surface area contributed by atoms with E-state index in [2.05, 4.69) is 15.7 Å². The predicted octanol–water partition coefficient (Wildman–Crippen LogP) is 2.58. The van der Waals surface area contributed by atoms with Gasteiger partial charge in [-0.3, -0.25) is 9.59 Å². The monoisotopic (exact) mass is 368 g/mol. The van der Waals surface area contributed by atoms with Gasteiger partial charge in [0, 0.05) is 30.9 Å². The van der Waals surface area contributed by atoms with Crippen molar-refractivity contribution in [3.63, 3.8) is 0 Å². The molecule has 0 spiro atoms. The van der Waals surface area contributed by atoms with Crippen LogP contribution < -0.4 is 16.1 Å². The summed E-state index contributed by atoms with van der Waals surface area (Å²) in [5.41, 5.74) is 1.09. The van der Waals surface area contributed by atoms with Gasteiger partial charge in [-0.15, -0.1) is 0 Å². The molecule has 2 N–H and O–H groups in total. The lowest BCUT2D eigenvalue weighted by Crippen LogP contribution is -2.39. The molecule has 0 aliphatic heterocycles. The number of hydrogen-bond donors (Lipinski definition) is 2. The Morgan fingerprint density at radius 3 is 2.52 bits per heavy atom. The first-order chi connectivity index (χ1) is 13.1. The second-order valence-corrected chi connectivity index (χ2v) is 7.14. The fraction of sp³-hybridized carbons (Fsp3) is 0.476. The summed E-state index contributed by atoms with van der Waals surface area (Å²) < 4.78 is 1.63. The molecular formula is C21H28N4O2. The molecule has 1 saturated carbocycles. The lowest BCUT2D eigenvalue weighted by Gasteiger charge is -2.16. The number of hydrogen-bond acceptors (Lipinski definition) is 4. The van der Waals surface area contributed by atoms with Crippen LogP contribution in [-0.4, -0.2) is 34.8 Å². The molecule has 27 heavy (non-hydrogen) atoms. The SMILES string of the molecule is Cc1cc(=O)c(C(=O)NCCNC2CCCCCC2)nn1-c1ccccc1. The van der Waals surface area contributed by atoms with Crippen LogP contribution in [0, 0.1) is 6.92 Å². The van der Waals surface area contributed by atoms with Crippen molar-refractivity contribution in [3.8, 4) is 5.69 Å². The molecule has 1 aliphatic carbocycles. The van der Waals surface area contributed by atoms with Crippen molar-refractivity contribution in [3.05, 3.63) is 58.0 Å². The molecule has 1 aromatic carbocycles. The number of nitrogens with zero attached hydrogens (tertiary/aromatic N) is 2. The summed E-state index contributed by atoms with van der Waals surface area (Å²) >= 11 is 0. The highest BCUT2D eigenvalue weighted by Crippen LogP contribution is 2.16. The Bertz CT molecular complexity index is 809. The number of para-hydroxylation sites is 1. The van der Waals surface area contributed by atoms with E-state index >= 15 is 0 Å². The van der Waals surface area contributed by atoms with Crippen molar-refractivity contribution in [2.75, 3.05) is 13.1 Å². The molecule has 0 unspecified atom stereocenters. The van der Waals surface area contributed by atoms with Crippen LogP contribution >= 0.6 is 0 Å². The van der Waals surface area contributed by atoms with E-state index in [1.165, 1.54) is 44.6 Å². The van der Waals surface area contributed by atoms with Crippen molar-refractivity contribution in [1.82, 2.24) is 20.4 Å². The fourth-order valence-corrected chi connectivity index (χ4v) is 3.55. The third kappa shape index (κ3) is 5.26. The topological polar surface area (TPSA) is 76.0 Å². The van der Waals surface area contributed by atoms with Crippen LogP contribution in [0.2, 0.25) is 0 Å². The Hall–Kier alpha value is -2.47. The van der Waals surface area contributed by atoms with Gasteiger partial charge in [-0.25, -0.2) is 4.68 Å². The maximum Gasteiger partial charge on any atom is 0.275 e. The summed E-state index contributed by atoms with van der Waals surface area (Å²) in [6.45, 7) is 2.99. The normalized spacial score (nSPS) is 15.3. The minimum Gasteiger partial charge on any atom is -0.349 e. The van der Waals surface area contributed by atoms with Crippen LogP contribution in [0.1, 0.15) is 54.7 Å². The zero-order chi connectivity index (χ0) is 19.1. The molecule has 1 fully saturated rings. The van der Waals surface area contributed by atoms with E-state index in [0.29, 0.717) is 24.8 Å². The van der Waals surface area contributed by atoms with Gasteiger partial charge in [-0.1, -0.05) is 43.9 Å². The standard InChI is InChI=1S/C21H28N4O2/c1-16-15-19(26)20(24-25(16)18-11-7-4-8-12-18)21(27)23-14-13-22-17-9-5-2-3-6-10-17/h4,7-8,11-12,15,17,22H,2-3,5-6,9-10,13-14H2,1H3,(H,23,27).